The minimum Gasteiger partial charge on any atom is -0.389 e. The molecule has 0 aliphatic heterocycles. The van der Waals surface area contributed by atoms with E-state index < -0.39 is 0 Å². The first-order valence-electron chi connectivity index (χ1n) is 5.91. The summed E-state index contributed by atoms with van der Waals surface area (Å²) in [6, 6.07) is 11.7. The van der Waals surface area contributed by atoms with Crippen molar-refractivity contribution in [1.82, 2.24) is 0 Å². The predicted molar refractivity (Wildman–Crippen MR) is 86.5 cm³/mol. The molecule has 19 heavy (non-hydrogen) atoms. The molecule has 98 valence electrons. The van der Waals surface area contributed by atoms with E-state index in [1.165, 1.54) is 0 Å². The Bertz CT molecular complexity index is 638. The van der Waals surface area contributed by atoms with Gasteiger partial charge in [-0.1, -0.05) is 36.0 Å². The second-order valence-corrected chi connectivity index (χ2v) is 5.30. The van der Waals surface area contributed by atoms with Crippen LogP contribution in [0.1, 0.15) is 16.7 Å². The SMILES string of the molecule is Cc1ccc(C(N)=S)c(Nc2cccc(Cl)c2C)c1. The van der Waals surface area contributed by atoms with Gasteiger partial charge in [0.15, 0.2) is 0 Å². The van der Waals surface area contributed by atoms with Crippen LogP contribution in [0, 0.1) is 13.8 Å². The standard InChI is InChI=1S/C15H15ClN2S/c1-9-6-7-11(15(17)19)14(8-9)18-13-5-3-4-12(16)10(13)2/h3-8,18H,1-2H3,(H2,17,19). The third-order valence-corrected chi connectivity index (χ3v) is 3.61. The molecule has 0 aromatic heterocycles. The third kappa shape index (κ3) is 3.06. The highest BCUT2D eigenvalue weighted by atomic mass is 35.5. The van der Waals surface area contributed by atoms with Gasteiger partial charge in [0.05, 0.1) is 0 Å². The van der Waals surface area contributed by atoms with E-state index in [4.69, 9.17) is 29.6 Å². The van der Waals surface area contributed by atoms with Crippen molar-refractivity contribution < 1.29 is 0 Å². The van der Waals surface area contributed by atoms with Gasteiger partial charge in [-0.05, 0) is 49.2 Å². The fourth-order valence-corrected chi connectivity index (χ4v) is 2.22. The first kappa shape index (κ1) is 13.8. The number of anilines is 2. The Morgan fingerprint density at radius 2 is 1.89 bits per heavy atom. The number of benzene rings is 2. The number of aryl methyl sites for hydroxylation is 1. The Balaban J connectivity index is 2.45. The molecule has 0 aliphatic carbocycles. The van der Waals surface area contributed by atoms with Gasteiger partial charge in [0, 0.05) is 22.0 Å². The van der Waals surface area contributed by atoms with Crippen molar-refractivity contribution in [2.24, 2.45) is 5.73 Å². The topological polar surface area (TPSA) is 38.0 Å². The van der Waals surface area contributed by atoms with Gasteiger partial charge >= 0.3 is 0 Å². The van der Waals surface area contributed by atoms with Crippen molar-refractivity contribution in [2.75, 3.05) is 5.32 Å². The number of halogens is 1. The number of nitrogens with one attached hydrogen (secondary N) is 1. The average Bonchev–Trinajstić information content (AvgIpc) is 2.35. The van der Waals surface area contributed by atoms with Crippen molar-refractivity contribution in [1.29, 1.82) is 0 Å². The zero-order valence-electron chi connectivity index (χ0n) is 10.8. The van der Waals surface area contributed by atoms with Crippen LogP contribution in [0.25, 0.3) is 0 Å². The minimum absolute atomic E-state index is 0.377. The first-order valence-corrected chi connectivity index (χ1v) is 6.70. The van der Waals surface area contributed by atoms with Crippen LogP contribution >= 0.6 is 23.8 Å². The molecule has 2 aromatic rings. The van der Waals surface area contributed by atoms with Crippen LogP contribution in [0.3, 0.4) is 0 Å². The van der Waals surface area contributed by atoms with Crippen molar-refractivity contribution >= 4 is 40.2 Å². The van der Waals surface area contributed by atoms with Crippen molar-refractivity contribution in [3.8, 4) is 0 Å². The summed E-state index contributed by atoms with van der Waals surface area (Å²) in [6.45, 7) is 4.00. The van der Waals surface area contributed by atoms with Gasteiger partial charge in [0.2, 0.25) is 0 Å². The van der Waals surface area contributed by atoms with E-state index in [2.05, 4.69) is 5.32 Å². The zero-order chi connectivity index (χ0) is 14.0. The van der Waals surface area contributed by atoms with Crippen LogP contribution in [0.2, 0.25) is 5.02 Å². The average molecular weight is 291 g/mol. The normalized spacial score (nSPS) is 10.3. The van der Waals surface area contributed by atoms with Crippen LogP contribution in [-0.4, -0.2) is 4.99 Å². The third-order valence-electron chi connectivity index (χ3n) is 2.98. The summed E-state index contributed by atoms with van der Waals surface area (Å²) in [4.78, 5) is 0.377. The van der Waals surface area contributed by atoms with Crippen LogP contribution < -0.4 is 11.1 Å². The van der Waals surface area contributed by atoms with Gasteiger partial charge in [-0.15, -0.1) is 0 Å². The highest BCUT2D eigenvalue weighted by Gasteiger charge is 2.08. The molecule has 2 rings (SSSR count). The molecule has 0 unspecified atom stereocenters. The van der Waals surface area contributed by atoms with Gasteiger partial charge in [0.1, 0.15) is 4.99 Å². The molecular formula is C15H15ClN2S. The molecule has 0 atom stereocenters. The van der Waals surface area contributed by atoms with Crippen molar-refractivity contribution in [2.45, 2.75) is 13.8 Å². The summed E-state index contributed by atoms with van der Waals surface area (Å²) in [7, 11) is 0. The van der Waals surface area contributed by atoms with Gasteiger partial charge in [0.25, 0.3) is 0 Å². The summed E-state index contributed by atoms with van der Waals surface area (Å²) in [5.41, 5.74) is 10.6. The molecule has 0 bridgehead atoms. The molecule has 0 amide bonds. The molecule has 4 heteroatoms. The maximum atomic E-state index is 6.12. The van der Waals surface area contributed by atoms with Crippen molar-refractivity contribution in [3.63, 3.8) is 0 Å². The summed E-state index contributed by atoms with van der Waals surface area (Å²) < 4.78 is 0. The molecular weight excluding hydrogens is 276 g/mol. The van der Waals surface area contributed by atoms with Gasteiger partial charge < -0.3 is 11.1 Å². The van der Waals surface area contributed by atoms with E-state index in [1.807, 2.05) is 50.2 Å². The molecule has 0 heterocycles. The number of nitrogens with two attached hydrogens (primary N) is 1. The van der Waals surface area contributed by atoms with Gasteiger partial charge in [-0.25, -0.2) is 0 Å². The number of rotatable bonds is 3. The fourth-order valence-electron chi connectivity index (χ4n) is 1.86. The van der Waals surface area contributed by atoms with E-state index in [0.717, 1.165) is 33.1 Å². The summed E-state index contributed by atoms with van der Waals surface area (Å²) in [5.74, 6) is 0. The molecule has 0 aliphatic rings. The number of hydrogen-bond acceptors (Lipinski definition) is 2. The molecule has 0 radical (unpaired) electrons. The first-order chi connectivity index (χ1) is 8.99. The quantitative estimate of drug-likeness (QED) is 0.826. The monoisotopic (exact) mass is 290 g/mol. The Morgan fingerprint density at radius 1 is 1.16 bits per heavy atom. The maximum Gasteiger partial charge on any atom is 0.106 e. The van der Waals surface area contributed by atoms with Gasteiger partial charge in [-0.2, -0.15) is 0 Å². The maximum absolute atomic E-state index is 6.12. The minimum atomic E-state index is 0.377. The lowest BCUT2D eigenvalue weighted by molar-refractivity contribution is 1.40. The molecule has 0 saturated heterocycles. The van der Waals surface area contributed by atoms with Crippen molar-refractivity contribution in [3.05, 3.63) is 58.1 Å². The highest BCUT2D eigenvalue weighted by Crippen LogP contribution is 2.28. The lowest BCUT2D eigenvalue weighted by Gasteiger charge is -2.14. The number of hydrogen-bond donors (Lipinski definition) is 2. The molecule has 2 aromatic carbocycles. The summed E-state index contributed by atoms with van der Waals surface area (Å²) in [5, 5.41) is 4.08. The van der Waals surface area contributed by atoms with Crippen LogP contribution in [0.15, 0.2) is 36.4 Å². The summed E-state index contributed by atoms with van der Waals surface area (Å²) >= 11 is 11.2. The Kier molecular flexibility index (Phi) is 4.08. The largest absolute Gasteiger partial charge is 0.389 e. The second kappa shape index (κ2) is 5.59. The van der Waals surface area contributed by atoms with Crippen LogP contribution in [-0.2, 0) is 0 Å². The van der Waals surface area contributed by atoms with E-state index >= 15 is 0 Å². The molecule has 0 spiro atoms. The predicted octanol–water partition coefficient (Wildman–Crippen LogP) is 4.33. The molecule has 0 fully saturated rings. The lowest BCUT2D eigenvalue weighted by Crippen LogP contribution is -2.12. The Morgan fingerprint density at radius 3 is 2.58 bits per heavy atom. The molecule has 2 nitrogen and oxygen atoms in total. The lowest BCUT2D eigenvalue weighted by atomic mass is 10.1. The Labute approximate surface area is 123 Å². The molecule has 3 N–H and O–H groups in total. The second-order valence-electron chi connectivity index (χ2n) is 4.45. The fraction of sp³-hybridized carbons (Fsp3) is 0.133. The number of thiocarbonyl (C=S) groups is 1. The van der Waals surface area contributed by atoms with E-state index in [-0.39, 0.29) is 0 Å². The van der Waals surface area contributed by atoms with E-state index in [0.29, 0.717) is 4.99 Å². The zero-order valence-corrected chi connectivity index (χ0v) is 12.4. The summed E-state index contributed by atoms with van der Waals surface area (Å²) in [6.07, 6.45) is 0. The van der Waals surface area contributed by atoms with Crippen LogP contribution in [0.5, 0.6) is 0 Å². The van der Waals surface area contributed by atoms with Gasteiger partial charge in [-0.3, -0.25) is 0 Å². The van der Waals surface area contributed by atoms with E-state index in [1.54, 1.807) is 0 Å². The highest BCUT2D eigenvalue weighted by molar-refractivity contribution is 7.80. The Hall–Kier alpha value is -1.58. The van der Waals surface area contributed by atoms with Crippen LogP contribution in [0.4, 0.5) is 11.4 Å². The van der Waals surface area contributed by atoms with E-state index in [9.17, 15) is 0 Å². The molecule has 0 saturated carbocycles. The smallest absolute Gasteiger partial charge is 0.106 e.